The molecule has 0 amide bonds. The van der Waals surface area contributed by atoms with Gasteiger partial charge in [0.25, 0.3) is 0 Å². The highest BCUT2D eigenvalue weighted by molar-refractivity contribution is 7.12. The third-order valence-corrected chi connectivity index (χ3v) is 5.72. The molecule has 0 saturated carbocycles. The maximum Gasteiger partial charge on any atom is 0.0945 e. The van der Waals surface area contributed by atoms with E-state index in [1.54, 1.807) is 10.4 Å². The fourth-order valence-corrected chi connectivity index (χ4v) is 4.27. The lowest BCUT2D eigenvalue weighted by Gasteiger charge is -2.12. The van der Waals surface area contributed by atoms with Crippen LogP contribution in [0.3, 0.4) is 0 Å². The largest absolute Gasteiger partial charge is 0.337 e. The van der Waals surface area contributed by atoms with E-state index in [1.165, 1.54) is 43.4 Å². The Morgan fingerprint density at radius 2 is 2.24 bits per heavy atom. The van der Waals surface area contributed by atoms with Gasteiger partial charge in [-0.05, 0) is 63.6 Å². The Bertz CT molecular complexity index is 521. The number of nitrogens with one attached hydrogen (secondary N) is 1. The van der Waals surface area contributed by atoms with Crippen LogP contribution in [-0.4, -0.2) is 16.1 Å². The molecule has 1 aliphatic carbocycles. The van der Waals surface area contributed by atoms with Gasteiger partial charge in [0.05, 0.1) is 6.33 Å². The van der Waals surface area contributed by atoms with E-state index in [0.717, 1.165) is 13.1 Å². The molecule has 3 rings (SSSR count). The molecular formula is C17H25N3S. The highest BCUT2D eigenvalue weighted by Gasteiger charge is 2.16. The molecule has 0 saturated heterocycles. The van der Waals surface area contributed by atoms with Crippen LogP contribution >= 0.6 is 11.3 Å². The van der Waals surface area contributed by atoms with Crippen molar-refractivity contribution in [1.82, 2.24) is 14.9 Å². The third-order valence-electron chi connectivity index (χ3n) is 4.30. The van der Waals surface area contributed by atoms with Gasteiger partial charge in [-0.3, -0.25) is 0 Å². The van der Waals surface area contributed by atoms with Crippen molar-refractivity contribution < 1.29 is 0 Å². The number of fused-ring (bicyclic) bond motifs is 1. The molecule has 0 bridgehead atoms. The molecule has 2 heterocycles. The summed E-state index contributed by atoms with van der Waals surface area (Å²) in [5, 5.41) is 3.67. The molecule has 0 spiro atoms. The summed E-state index contributed by atoms with van der Waals surface area (Å²) in [6.45, 7) is 4.47. The Balaban J connectivity index is 1.39. The van der Waals surface area contributed by atoms with Crippen LogP contribution in [0.15, 0.2) is 24.8 Å². The summed E-state index contributed by atoms with van der Waals surface area (Å²) in [4.78, 5) is 7.24. The Morgan fingerprint density at radius 1 is 1.33 bits per heavy atom. The van der Waals surface area contributed by atoms with Gasteiger partial charge in [-0.25, -0.2) is 4.98 Å². The van der Waals surface area contributed by atoms with Crippen LogP contribution in [0.25, 0.3) is 0 Å². The topological polar surface area (TPSA) is 29.9 Å². The first-order chi connectivity index (χ1) is 10.3. The van der Waals surface area contributed by atoms with Crippen molar-refractivity contribution in [1.29, 1.82) is 0 Å². The maximum absolute atomic E-state index is 4.07. The molecule has 2 aromatic rings. The predicted molar refractivity (Wildman–Crippen MR) is 88.8 cm³/mol. The fourth-order valence-electron chi connectivity index (χ4n) is 2.98. The van der Waals surface area contributed by atoms with Crippen LogP contribution in [0.4, 0.5) is 0 Å². The molecule has 0 radical (unpaired) electrons. The lowest BCUT2D eigenvalue weighted by molar-refractivity contribution is 0.527. The highest BCUT2D eigenvalue weighted by Crippen LogP contribution is 2.32. The van der Waals surface area contributed by atoms with Crippen molar-refractivity contribution in [3.63, 3.8) is 0 Å². The van der Waals surface area contributed by atoms with Gasteiger partial charge in [0, 0.05) is 34.7 Å². The molecule has 2 aromatic heterocycles. The van der Waals surface area contributed by atoms with Crippen LogP contribution in [0, 0.1) is 0 Å². The molecule has 1 atom stereocenters. The zero-order valence-electron chi connectivity index (χ0n) is 12.8. The van der Waals surface area contributed by atoms with Gasteiger partial charge in [0.15, 0.2) is 0 Å². The van der Waals surface area contributed by atoms with Gasteiger partial charge in [-0.1, -0.05) is 0 Å². The third kappa shape index (κ3) is 3.95. The van der Waals surface area contributed by atoms with Crippen LogP contribution in [0.2, 0.25) is 0 Å². The van der Waals surface area contributed by atoms with E-state index in [-0.39, 0.29) is 0 Å². The lowest BCUT2D eigenvalue weighted by atomic mass is 9.99. The van der Waals surface area contributed by atoms with Crippen LogP contribution in [0.5, 0.6) is 0 Å². The minimum absolute atomic E-state index is 0.494. The molecule has 1 aliphatic rings. The van der Waals surface area contributed by atoms with Gasteiger partial charge in [-0.2, -0.15) is 0 Å². The number of aryl methyl sites for hydroxylation is 3. The highest BCUT2D eigenvalue weighted by atomic mass is 32.1. The van der Waals surface area contributed by atoms with E-state index in [4.69, 9.17) is 0 Å². The van der Waals surface area contributed by atoms with Crippen LogP contribution < -0.4 is 5.32 Å². The monoisotopic (exact) mass is 303 g/mol. The quantitative estimate of drug-likeness (QED) is 0.785. The first-order valence-electron chi connectivity index (χ1n) is 8.13. The number of thiophene rings is 1. The van der Waals surface area contributed by atoms with Gasteiger partial charge in [-0.15, -0.1) is 11.3 Å². The van der Waals surface area contributed by atoms with Crippen molar-refractivity contribution in [2.45, 2.75) is 58.0 Å². The molecule has 21 heavy (non-hydrogen) atoms. The molecule has 4 heteroatoms. The van der Waals surface area contributed by atoms with E-state index in [9.17, 15) is 0 Å². The van der Waals surface area contributed by atoms with Crippen molar-refractivity contribution in [2.75, 3.05) is 6.54 Å². The number of nitrogens with zero attached hydrogens (tertiary/aromatic N) is 2. The normalized spacial score (nSPS) is 15.9. The second kappa shape index (κ2) is 7.23. The Labute approximate surface area is 131 Å². The number of rotatable bonds is 7. The Hall–Kier alpha value is -1.13. The van der Waals surface area contributed by atoms with Gasteiger partial charge in [0.1, 0.15) is 0 Å². The summed E-state index contributed by atoms with van der Waals surface area (Å²) in [6.07, 6.45) is 13.5. The van der Waals surface area contributed by atoms with Crippen molar-refractivity contribution >= 4 is 11.3 Å². The smallest absolute Gasteiger partial charge is 0.0945 e. The maximum atomic E-state index is 4.07. The zero-order valence-corrected chi connectivity index (χ0v) is 13.7. The summed E-state index contributed by atoms with van der Waals surface area (Å²) in [6, 6.07) is 2.94. The Kier molecular flexibility index (Phi) is 5.09. The van der Waals surface area contributed by atoms with Crippen LogP contribution in [0.1, 0.15) is 54.0 Å². The molecule has 1 unspecified atom stereocenters. The van der Waals surface area contributed by atoms with Crippen molar-refractivity contribution in [2.24, 2.45) is 0 Å². The molecule has 114 valence electrons. The minimum Gasteiger partial charge on any atom is -0.337 e. The molecule has 0 aromatic carbocycles. The average molecular weight is 303 g/mol. The molecule has 0 aliphatic heterocycles. The van der Waals surface area contributed by atoms with E-state index >= 15 is 0 Å². The van der Waals surface area contributed by atoms with Gasteiger partial charge >= 0.3 is 0 Å². The first-order valence-corrected chi connectivity index (χ1v) is 8.95. The van der Waals surface area contributed by atoms with Crippen molar-refractivity contribution in [3.8, 4) is 0 Å². The zero-order chi connectivity index (χ0) is 14.5. The molecule has 3 nitrogen and oxygen atoms in total. The molecule has 0 fully saturated rings. The minimum atomic E-state index is 0.494. The summed E-state index contributed by atoms with van der Waals surface area (Å²) < 4.78 is 2.15. The van der Waals surface area contributed by atoms with E-state index in [2.05, 4.69) is 27.9 Å². The second-order valence-corrected chi connectivity index (χ2v) is 7.16. The summed E-state index contributed by atoms with van der Waals surface area (Å²) in [7, 11) is 0. The number of hydrogen-bond donors (Lipinski definition) is 1. The van der Waals surface area contributed by atoms with E-state index in [0.29, 0.717) is 6.04 Å². The number of aromatic nitrogens is 2. The lowest BCUT2D eigenvalue weighted by Crippen LogP contribution is -2.19. The Morgan fingerprint density at radius 3 is 3.05 bits per heavy atom. The number of hydrogen-bond acceptors (Lipinski definition) is 3. The standard InChI is InChI=1S/C17H25N3S/c1-14(17-12-15-6-2-3-7-16(15)21-17)19-8-4-5-10-20-11-9-18-13-20/h9,11-14,19H,2-8,10H2,1H3. The summed E-state index contributed by atoms with van der Waals surface area (Å²) >= 11 is 2.03. The summed E-state index contributed by atoms with van der Waals surface area (Å²) in [5.41, 5.74) is 1.62. The number of imidazole rings is 1. The van der Waals surface area contributed by atoms with E-state index in [1.807, 2.05) is 30.1 Å². The average Bonchev–Trinajstić information content (AvgIpc) is 3.15. The molecular weight excluding hydrogens is 278 g/mol. The number of unbranched alkanes of at least 4 members (excludes halogenated alkanes) is 1. The summed E-state index contributed by atoms with van der Waals surface area (Å²) in [5.74, 6) is 0. The predicted octanol–water partition coefficient (Wildman–Crippen LogP) is 3.95. The van der Waals surface area contributed by atoms with E-state index < -0.39 is 0 Å². The van der Waals surface area contributed by atoms with Crippen molar-refractivity contribution in [3.05, 3.63) is 40.1 Å². The first kappa shape index (κ1) is 14.8. The van der Waals surface area contributed by atoms with Gasteiger partial charge < -0.3 is 9.88 Å². The fraction of sp³-hybridized carbons (Fsp3) is 0.588. The van der Waals surface area contributed by atoms with Crippen LogP contribution in [-0.2, 0) is 19.4 Å². The second-order valence-electron chi connectivity index (χ2n) is 5.99. The van der Waals surface area contributed by atoms with Gasteiger partial charge in [0.2, 0.25) is 0 Å². The molecule has 1 N–H and O–H groups in total. The SMILES string of the molecule is CC(NCCCCn1ccnc1)c1cc2c(s1)CCCC2.